The number of aliphatic carboxylic acids is 1. The molecule has 1 aliphatic rings. The van der Waals surface area contributed by atoms with Crippen LogP contribution in [-0.2, 0) is 4.79 Å². The number of nitrogens with one attached hydrogen (secondary N) is 1. The van der Waals surface area contributed by atoms with E-state index in [0.29, 0.717) is 6.04 Å². The lowest BCUT2D eigenvalue weighted by Crippen LogP contribution is -2.42. The van der Waals surface area contributed by atoms with E-state index >= 15 is 0 Å². The van der Waals surface area contributed by atoms with Gasteiger partial charge in [0.2, 0.25) is 0 Å². The van der Waals surface area contributed by atoms with Crippen molar-refractivity contribution in [1.29, 1.82) is 0 Å². The number of likely N-dealkylation sites (N-methyl/N-ethyl adjacent to an activating group) is 1. The third kappa shape index (κ3) is 6.00. The van der Waals surface area contributed by atoms with Crippen molar-refractivity contribution in [3.63, 3.8) is 0 Å². The third-order valence-electron chi connectivity index (χ3n) is 3.16. The first-order valence-corrected chi connectivity index (χ1v) is 6.32. The van der Waals surface area contributed by atoms with Gasteiger partial charge in [0.15, 0.2) is 0 Å². The molecule has 17 heavy (non-hydrogen) atoms. The summed E-state index contributed by atoms with van der Waals surface area (Å²) < 4.78 is 0. The molecular formula is C12H25N3O2. The van der Waals surface area contributed by atoms with Crippen LogP contribution in [0, 0.1) is 0 Å². The zero-order valence-corrected chi connectivity index (χ0v) is 11.1. The van der Waals surface area contributed by atoms with Gasteiger partial charge in [-0.05, 0) is 34.0 Å². The van der Waals surface area contributed by atoms with Crippen molar-refractivity contribution < 1.29 is 9.90 Å². The highest BCUT2D eigenvalue weighted by atomic mass is 16.4. The van der Waals surface area contributed by atoms with Gasteiger partial charge in [-0.25, -0.2) is 0 Å². The van der Waals surface area contributed by atoms with Gasteiger partial charge in [0.1, 0.15) is 0 Å². The molecule has 0 aromatic carbocycles. The Labute approximate surface area is 104 Å². The molecule has 2 unspecified atom stereocenters. The smallest absolute Gasteiger partial charge is 0.304 e. The lowest BCUT2D eigenvalue weighted by Gasteiger charge is -2.25. The number of carbonyl (C=O) groups is 1. The van der Waals surface area contributed by atoms with Crippen LogP contribution < -0.4 is 5.32 Å². The molecule has 0 spiro atoms. The van der Waals surface area contributed by atoms with Crippen LogP contribution in [0.2, 0.25) is 0 Å². The minimum absolute atomic E-state index is 0.0761. The second-order valence-corrected chi connectivity index (χ2v) is 5.26. The van der Waals surface area contributed by atoms with E-state index in [4.69, 9.17) is 5.11 Å². The van der Waals surface area contributed by atoms with Crippen molar-refractivity contribution in [1.82, 2.24) is 15.1 Å². The quantitative estimate of drug-likeness (QED) is 0.716. The van der Waals surface area contributed by atoms with Gasteiger partial charge in [-0.3, -0.25) is 4.79 Å². The van der Waals surface area contributed by atoms with Gasteiger partial charge in [-0.2, -0.15) is 0 Å². The van der Waals surface area contributed by atoms with E-state index in [-0.39, 0.29) is 12.5 Å². The standard InChI is InChI=1S/C12H25N3O2/c1-10-4-5-15(7-6-14(2)3)9-11(13-10)8-12(16)17/h10-11,13H,4-9H2,1-3H3,(H,16,17). The maximum atomic E-state index is 10.8. The van der Waals surface area contributed by atoms with Crippen molar-refractivity contribution in [2.45, 2.75) is 31.8 Å². The Morgan fingerprint density at radius 1 is 1.53 bits per heavy atom. The Bertz CT molecular complexity index is 246. The highest BCUT2D eigenvalue weighted by Crippen LogP contribution is 2.08. The van der Waals surface area contributed by atoms with Crippen LogP contribution in [0.4, 0.5) is 0 Å². The molecule has 5 heteroatoms. The highest BCUT2D eigenvalue weighted by molar-refractivity contribution is 5.67. The molecule has 0 aromatic rings. The van der Waals surface area contributed by atoms with Crippen molar-refractivity contribution in [3.8, 4) is 0 Å². The normalized spacial score (nSPS) is 27.1. The van der Waals surface area contributed by atoms with Crippen LogP contribution in [0.25, 0.3) is 0 Å². The number of carboxylic acid groups (broad SMARTS) is 1. The molecule has 1 heterocycles. The first-order valence-electron chi connectivity index (χ1n) is 6.32. The Balaban J connectivity index is 2.46. The van der Waals surface area contributed by atoms with Crippen LogP contribution in [0.3, 0.4) is 0 Å². The molecule has 2 N–H and O–H groups in total. The fraction of sp³-hybridized carbons (Fsp3) is 0.917. The van der Waals surface area contributed by atoms with Crippen LogP contribution in [-0.4, -0.2) is 73.2 Å². The van der Waals surface area contributed by atoms with E-state index in [9.17, 15) is 4.79 Å². The third-order valence-corrected chi connectivity index (χ3v) is 3.16. The molecule has 1 aliphatic heterocycles. The summed E-state index contributed by atoms with van der Waals surface area (Å²) in [7, 11) is 4.13. The van der Waals surface area contributed by atoms with Gasteiger partial charge < -0.3 is 20.2 Å². The number of hydrogen-bond donors (Lipinski definition) is 2. The summed E-state index contributed by atoms with van der Waals surface area (Å²) >= 11 is 0. The Morgan fingerprint density at radius 3 is 2.82 bits per heavy atom. The Kier molecular flexibility index (Phi) is 5.88. The first-order chi connectivity index (χ1) is 7.97. The molecule has 0 aliphatic carbocycles. The van der Waals surface area contributed by atoms with Gasteiger partial charge in [0.25, 0.3) is 0 Å². The molecule has 0 saturated carbocycles. The Morgan fingerprint density at radius 2 is 2.24 bits per heavy atom. The summed E-state index contributed by atoms with van der Waals surface area (Å²) in [5, 5.41) is 12.3. The minimum Gasteiger partial charge on any atom is -0.481 e. The summed E-state index contributed by atoms with van der Waals surface area (Å²) in [6, 6.07) is 0.482. The van der Waals surface area contributed by atoms with E-state index < -0.39 is 5.97 Å². The highest BCUT2D eigenvalue weighted by Gasteiger charge is 2.22. The maximum absolute atomic E-state index is 10.8. The number of nitrogens with zero attached hydrogens (tertiary/aromatic N) is 2. The SMILES string of the molecule is CC1CCN(CCN(C)C)CC(CC(=O)O)N1. The molecule has 1 fully saturated rings. The maximum Gasteiger partial charge on any atom is 0.304 e. The van der Waals surface area contributed by atoms with Crippen LogP contribution in [0.15, 0.2) is 0 Å². The lowest BCUT2D eigenvalue weighted by molar-refractivity contribution is -0.137. The fourth-order valence-electron chi connectivity index (χ4n) is 2.20. The first kappa shape index (κ1) is 14.4. The van der Waals surface area contributed by atoms with E-state index in [1.54, 1.807) is 0 Å². The summed E-state index contributed by atoms with van der Waals surface area (Å²) in [6.45, 7) is 6.05. The van der Waals surface area contributed by atoms with E-state index in [1.807, 2.05) is 0 Å². The number of rotatable bonds is 5. The van der Waals surface area contributed by atoms with Crippen LogP contribution in [0.5, 0.6) is 0 Å². The van der Waals surface area contributed by atoms with Crippen molar-refractivity contribution in [2.75, 3.05) is 40.3 Å². The number of carboxylic acids is 1. The molecule has 0 aromatic heterocycles. The topological polar surface area (TPSA) is 55.8 Å². The molecule has 1 rings (SSSR count). The van der Waals surface area contributed by atoms with E-state index in [0.717, 1.165) is 32.6 Å². The van der Waals surface area contributed by atoms with Crippen LogP contribution in [0.1, 0.15) is 19.8 Å². The fourth-order valence-corrected chi connectivity index (χ4v) is 2.20. The predicted molar refractivity (Wildman–Crippen MR) is 68.2 cm³/mol. The predicted octanol–water partition coefficient (Wildman–Crippen LogP) is 0.0751. The van der Waals surface area contributed by atoms with Crippen molar-refractivity contribution >= 4 is 5.97 Å². The average molecular weight is 243 g/mol. The van der Waals surface area contributed by atoms with Gasteiger partial charge in [0, 0.05) is 31.7 Å². The summed E-state index contributed by atoms with van der Waals surface area (Å²) in [5.74, 6) is -0.718. The van der Waals surface area contributed by atoms with Gasteiger partial charge in [-0.15, -0.1) is 0 Å². The minimum atomic E-state index is -0.718. The molecule has 0 amide bonds. The lowest BCUT2D eigenvalue weighted by atomic mass is 10.2. The summed E-state index contributed by atoms with van der Waals surface area (Å²) in [4.78, 5) is 15.3. The molecule has 1 saturated heterocycles. The molecule has 2 atom stereocenters. The number of hydrogen-bond acceptors (Lipinski definition) is 4. The molecule has 0 bridgehead atoms. The average Bonchev–Trinajstić information content (AvgIpc) is 2.36. The zero-order valence-electron chi connectivity index (χ0n) is 11.1. The molecule has 5 nitrogen and oxygen atoms in total. The molecule has 100 valence electrons. The second kappa shape index (κ2) is 6.93. The van der Waals surface area contributed by atoms with E-state index in [2.05, 4.69) is 36.1 Å². The Hall–Kier alpha value is -0.650. The van der Waals surface area contributed by atoms with Crippen molar-refractivity contribution in [2.24, 2.45) is 0 Å². The van der Waals surface area contributed by atoms with Crippen molar-refractivity contribution in [3.05, 3.63) is 0 Å². The zero-order chi connectivity index (χ0) is 12.8. The van der Waals surface area contributed by atoms with Crippen LogP contribution >= 0.6 is 0 Å². The van der Waals surface area contributed by atoms with Gasteiger partial charge in [0.05, 0.1) is 6.42 Å². The summed E-state index contributed by atoms with van der Waals surface area (Å²) in [5.41, 5.74) is 0. The molecule has 0 radical (unpaired) electrons. The molecular weight excluding hydrogens is 218 g/mol. The monoisotopic (exact) mass is 243 g/mol. The van der Waals surface area contributed by atoms with Gasteiger partial charge >= 0.3 is 5.97 Å². The van der Waals surface area contributed by atoms with Gasteiger partial charge in [-0.1, -0.05) is 0 Å². The second-order valence-electron chi connectivity index (χ2n) is 5.26. The summed E-state index contributed by atoms with van der Waals surface area (Å²) in [6.07, 6.45) is 1.30. The van der Waals surface area contributed by atoms with E-state index in [1.165, 1.54) is 0 Å². The largest absolute Gasteiger partial charge is 0.481 e.